The summed E-state index contributed by atoms with van der Waals surface area (Å²) in [5.41, 5.74) is 1.99. The van der Waals surface area contributed by atoms with Gasteiger partial charge in [-0.25, -0.2) is 0 Å². The molecule has 0 radical (unpaired) electrons. The van der Waals surface area contributed by atoms with Gasteiger partial charge < -0.3 is 15.0 Å². The number of carbonyl (C=O) groups excluding carboxylic acids is 1. The Bertz CT molecular complexity index is 727. The van der Waals surface area contributed by atoms with E-state index >= 15 is 0 Å². The third kappa shape index (κ3) is 4.70. The molecule has 5 heteroatoms. The number of rotatable bonds is 6. The second-order valence-corrected chi connectivity index (χ2v) is 6.94. The van der Waals surface area contributed by atoms with Crippen molar-refractivity contribution in [2.45, 2.75) is 38.7 Å². The molecule has 1 heterocycles. The first kappa shape index (κ1) is 18.6. The molecule has 0 spiro atoms. The van der Waals surface area contributed by atoms with E-state index in [1.807, 2.05) is 31.2 Å². The normalized spacial score (nSPS) is 15.4. The van der Waals surface area contributed by atoms with Crippen molar-refractivity contribution < 1.29 is 9.53 Å². The highest BCUT2D eigenvalue weighted by Gasteiger charge is 2.20. The van der Waals surface area contributed by atoms with Crippen LogP contribution in [0.4, 0.5) is 11.4 Å². The first-order valence-corrected chi connectivity index (χ1v) is 9.62. The minimum absolute atomic E-state index is 0.168. The third-order valence-corrected chi connectivity index (χ3v) is 4.94. The molecule has 1 amide bonds. The summed E-state index contributed by atoms with van der Waals surface area (Å²) in [6.45, 7) is 4.13. The van der Waals surface area contributed by atoms with Crippen LogP contribution in [0, 0.1) is 0 Å². The summed E-state index contributed by atoms with van der Waals surface area (Å²) in [7, 11) is 0. The lowest BCUT2D eigenvalue weighted by Crippen LogP contribution is -2.32. The van der Waals surface area contributed by atoms with E-state index in [0.29, 0.717) is 17.2 Å². The van der Waals surface area contributed by atoms with Crippen LogP contribution < -0.4 is 15.0 Å². The van der Waals surface area contributed by atoms with Gasteiger partial charge in [0.05, 0.1) is 5.02 Å². The summed E-state index contributed by atoms with van der Waals surface area (Å²) < 4.78 is 5.80. The van der Waals surface area contributed by atoms with Crippen LogP contribution in [-0.2, 0) is 4.79 Å². The van der Waals surface area contributed by atoms with Crippen LogP contribution in [0.5, 0.6) is 5.75 Å². The molecule has 26 heavy (non-hydrogen) atoms. The molecule has 0 aliphatic carbocycles. The van der Waals surface area contributed by atoms with Gasteiger partial charge in [0.15, 0.2) is 6.10 Å². The molecule has 0 saturated carbocycles. The smallest absolute Gasteiger partial charge is 0.265 e. The van der Waals surface area contributed by atoms with Gasteiger partial charge in [0, 0.05) is 24.5 Å². The summed E-state index contributed by atoms with van der Waals surface area (Å²) >= 11 is 6.12. The van der Waals surface area contributed by atoms with E-state index in [0.717, 1.165) is 18.8 Å². The van der Waals surface area contributed by atoms with Gasteiger partial charge in [-0.05, 0) is 62.1 Å². The molecule has 1 atom stereocenters. The maximum atomic E-state index is 12.6. The molecule has 1 N–H and O–H groups in total. The third-order valence-electron chi connectivity index (χ3n) is 4.63. The number of anilines is 2. The van der Waals surface area contributed by atoms with E-state index in [9.17, 15) is 4.79 Å². The molecule has 1 unspecified atom stereocenters. The number of benzene rings is 2. The number of para-hydroxylation sites is 1. The summed E-state index contributed by atoms with van der Waals surface area (Å²) in [5.74, 6) is 0.356. The Morgan fingerprint density at radius 1 is 1.12 bits per heavy atom. The van der Waals surface area contributed by atoms with E-state index in [1.165, 1.54) is 24.9 Å². The van der Waals surface area contributed by atoms with Gasteiger partial charge in [0.25, 0.3) is 5.91 Å². The Morgan fingerprint density at radius 3 is 2.46 bits per heavy atom. The van der Waals surface area contributed by atoms with Crippen molar-refractivity contribution in [1.29, 1.82) is 0 Å². The second-order valence-electron chi connectivity index (χ2n) is 6.53. The van der Waals surface area contributed by atoms with E-state index in [1.54, 1.807) is 12.1 Å². The maximum Gasteiger partial charge on any atom is 0.265 e. The van der Waals surface area contributed by atoms with Crippen LogP contribution in [0.15, 0.2) is 48.5 Å². The Kier molecular flexibility index (Phi) is 6.40. The minimum atomic E-state index is -0.586. The largest absolute Gasteiger partial charge is 0.479 e. The van der Waals surface area contributed by atoms with Crippen LogP contribution in [0.3, 0.4) is 0 Å². The Hall–Kier alpha value is -2.20. The predicted octanol–water partition coefficient (Wildman–Crippen LogP) is 5.13. The molecule has 2 aromatic rings. The molecule has 1 saturated heterocycles. The molecule has 2 aromatic carbocycles. The zero-order valence-electron chi connectivity index (χ0n) is 15.1. The van der Waals surface area contributed by atoms with E-state index < -0.39 is 6.10 Å². The maximum absolute atomic E-state index is 12.6. The highest BCUT2D eigenvalue weighted by molar-refractivity contribution is 6.32. The van der Waals surface area contributed by atoms with E-state index in [2.05, 4.69) is 22.3 Å². The van der Waals surface area contributed by atoms with Crippen LogP contribution in [0.25, 0.3) is 0 Å². The molecule has 1 aliphatic rings. The molecular formula is C21H25ClN2O2. The lowest BCUT2D eigenvalue weighted by atomic mass is 10.1. The second kappa shape index (κ2) is 8.95. The topological polar surface area (TPSA) is 41.6 Å². The van der Waals surface area contributed by atoms with E-state index in [4.69, 9.17) is 16.3 Å². The quantitative estimate of drug-likeness (QED) is 0.764. The van der Waals surface area contributed by atoms with Crippen molar-refractivity contribution in [2.24, 2.45) is 0 Å². The fourth-order valence-electron chi connectivity index (χ4n) is 3.15. The van der Waals surface area contributed by atoms with Gasteiger partial charge in [-0.1, -0.05) is 30.7 Å². The van der Waals surface area contributed by atoms with E-state index in [-0.39, 0.29) is 5.91 Å². The summed E-state index contributed by atoms with van der Waals surface area (Å²) in [4.78, 5) is 14.9. The number of nitrogens with zero attached hydrogens (tertiary/aromatic N) is 1. The number of amides is 1. The van der Waals surface area contributed by atoms with Gasteiger partial charge in [-0.15, -0.1) is 0 Å². The number of halogens is 1. The molecule has 138 valence electrons. The fraction of sp³-hybridized carbons (Fsp3) is 0.381. The number of hydrogen-bond donors (Lipinski definition) is 1. The number of nitrogens with one attached hydrogen (secondary N) is 1. The highest BCUT2D eigenvalue weighted by Crippen LogP contribution is 2.26. The molecule has 3 rings (SSSR count). The lowest BCUT2D eigenvalue weighted by Gasteiger charge is -2.29. The SMILES string of the molecule is CCC(Oc1ccccc1Cl)C(=O)Nc1ccc(N2CCCCC2)cc1. The van der Waals surface area contributed by atoms with Gasteiger partial charge in [-0.3, -0.25) is 4.79 Å². The first-order valence-electron chi connectivity index (χ1n) is 9.24. The van der Waals surface area contributed by atoms with Crippen LogP contribution in [0.1, 0.15) is 32.6 Å². The monoisotopic (exact) mass is 372 g/mol. The number of carbonyl (C=O) groups is 1. The zero-order chi connectivity index (χ0) is 18.4. The number of ether oxygens (including phenoxy) is 1. The predicted molar refractivity (Wildman–Crippen MR) is 107 cm³/mol. The molecule has 1 fully saturated rings. The van der Waals surface area contributed by atoms with Gasteiger partial charge in [0.1, 0.15) is 5.75 Å². The van der Waals surface area contributed by atoms with Crippen molar-refractivity contribution in [3.63, 3.8) is 0 Å². The molecular weight excluding hydrogens is 348 g/mol. The van der Waals surface area contributed by atoms with Gasteiger partial charge in [0.2, 0.25) is 0 Å². The van der Waals surface area contributed by atoms with Crippen molar-refractivity contribution in [1.82, 2.24) is 0 Å². The summed E-state index contributed by atoms with van der Waals surface area (Å²) in [6, 6.07) is 15.2. The van der Waals surface area contributed by atoms with Gasteiger partial charge in [-0.2, -0.15) is 0 Å². The standard InChI is InChI=1S/C21H25ClN2O2/c1-2-19(26-20-9-5-4-8-18(20)22)21(25)23-16-10-12-17(13-11-16)24-14-6-3-7-15-24/h4-5,8-13,19H,2-3,6-7,14-15H2,1H3,(H,23,25). The van der Waals surface area contributed by atoms with Gasteiger partial charge >= 0.3 is 0 Å². The number of hydrogen-bond acceptors (Lipinski definition) is 3. The Labute approximate surface area is 160 Å². The van der Waals surface area contributed by atoms with Crippen molar-refractivity contribution in [3.8, 4) is 5.75 Å². The van der Waals surface area contributed by atoms with Crippen molar-refractivity contribution >= 4 is 28.9 Å². The molecule has 0 aromatic heterocycles. The zero-order valence-corrected chi connectivity index (χ0v) is 15.8. The summed E-state index contributed by atoms with van der Waals surface area (Å²) in [6.07, 6.45) is 3.78. The first-order chi connectivity index (χ1) is 12.7. The van der Waals surface area contributed by atoms with Crippen molar-refractivity contribution in [2.75, 3.05) is 23.3 Å². The Morgan fingerprint density at radius 2 is 1.81 bits per heavy atom. The van der Waals surface area contributed by atoms with Crippen LogP contribution in [0.2, 0.25) is 5.02 Å². The molecule has 4 nitrogen and oxygen atoms in total. The van der Waals surface area contributed by atoms with Crippen LogP contribution >= 0.6 is 11.6 Å². The average molecular weight is 373 g/mol. The van der Waals surface area contributed by atoms with Crippen molar-refractivity contribution in [3.05, 3.63) is 53.6 Å². The Balaban J connectivity index is 1.61. The fourth-order valence-corrected chi connectivity index (χ4v) is 3.33. The molecule has 1 aliphatic heterocycles. The molecule has 0 bridgehead atoms. The van der Waals surface area contributed by atoms with Crippen LogP contribution in [-0.4, -0.2) is 25.1 Å². The highest BCUT2D eigenvalue weighted by atomic mass is 35.5. The lowest BCUT2D eigenvalue weighted by molar-refractivity contribution is -0.122. The minimum Gasteiger partial charge on any atom is -0.479 e. The average Bonchev–Trinajstić information content (AvgIpc) is 2.68. The summed E-state index contributed by atoms with van der Waals surface area (Å²) in [5, 5.41) is 3.44. The number of piperidine rings is 1.